The molecule has 2 N–H and O–H groups in total. The monoisotopic (exact) mass is 279 g/mol. The third-order valence-electron chi connectivity index (χ3n) is 4.51. The molecular weight excluding hydrogens is 254 g/mol. The highest BCUT2D eigenvalue weighted by atomic mass is 16.5. The topological polar surface area (TPSA) is 59.3 Å². The van der Waals surface area contributed by atoms with Gasteiger partial charge in [0, 0.05) is 29.9 Å². The van der Waals surface area contributed by atoms with Gasteiger partial charge >= 0.3 is 0 Å². The van der Waals surface area contributed by atoms with Crippen molar-refractivity contribution in [2.75, 3.05) is 13.2 Å². The second-order valence-corrected chi connectivity index (χ2v) is 5.85. The van der Waals surface area contributed by atoms with Gasteiger partial charge in [0.15, 0.2) is 0 Å². The van der Waals surface area contributed by atoms with Crippen LogP contribution in [0.2, 0.25) is 0 Å². The lowest BCUT2D eigenvalue weighted by molar-refractivity contribution is -0.0129. The summed E-state index contributed by atoms with van der Waals surface area (Å²) < 4.78 is 7.58. The van der Waals surface area contributed by atoms with Crippen molar-refractivity contribution < 1.29 is 9.84 Å². The Bertz CT molecular complexity index is 440. The van der Waals surface area contributed by atoms with E-state index in [0.717, 1.165) is 25.9 Å². The van der Waals surface area contributed by atoms with Crippen molar-refractivity contribution in [1.82, 2.24) is 15.1 Å². The van der Waals surface area contributed by atoms with Crippen LogP contribution >= 0.6 is 0 Å². The molecule has 1 heterocycles. The van der Waals surface area contributed by atoms with Crippen molar-refractivity contribution in [3.63, 3.8) is 0 Å². The van der Waals surface area contributed by atoms with Crippen LogP contribution in [0.4, 0.5) is 0 Å². The molecule has 3 rings (SSSR count). The summed E-state index contributed by atoms with van der Waals surface area (Å²) in [5, 5.41) is 17.3. The van der Waals surface area contributed by atoms with Crippen molar-refractivity contribution in [3.05, 3.63) is 17.5 Å². The fourth-order valence-corrected chi connectivity index (χ4v) is 3.44. The molecule has 20 heavy (non-hydrogen) atoms. The molecule has 0 aromatic carbocycles. The van der Waals surface area contributed by atoms with Crippen LogP contribution in [0, 0.1) is 0 Å². The predicted molar refractivity (Wildman–Crippen MR) is 76.6 cm³/mol. The molecule has 0 bridgehead atoms. The lowest BCUT2D eigenvalue weighted by atomic mass is 9.86. The van der Waals surface area contributed by atoms with E-state index in [-0.39, 0.29) is 6.61 Å². The van der Waals surface area contributed by atoms with Gasteiger partial charge in [-0.3, -0.25) is 4.68 Å². The number of rotatable bonds is 6. The second kappa shape index (κ2) is 6.24. The molecule has 0 saturated heterocycles. The summed E-state index contributed by atoms with van der Waals surface area (Å²) >= 11 is 0. The Labute approximate surface area is 120 Å². The Morgan fingerprint density at radius 2 is 2.35 bits per heavy atom. The summed E-state index contributed by atoms with van der Waals surface area (Å²) in [6.45, 7) is 3.64. The van der Waals surface area contributed by atoms with E-state index in [4.69, 9.17) is 9.84 Å². The first-order valence-electron chi connectivity index (χ1n) is 7.85. The Hall–Kier alpha value is -0.910. The standard InChI is InChI=1S/C15H25N3O2/c1-2-20-12-8-11(9-12)17-14-4-3-5-15-13(14)10-16-18(15)6-7-19/h10-12,14,17,19H,2-9H2,1H3. The Kier molecular flexibility index (Phi) is 4.38. The number of fused-ring (bicyclic) bond motifs is 1. The minimum atomic E-state index is 0.158. The summed E-state index contributed by atoms with van der Waals surface area (Å²) in [5.41, 5.74) is 2.65. The van der Waals surface area contributed by atoms with Crippen LogP contribution in [0.1, 0.15) is 49.9 Å². The molecule has 1 aromatic heterocycles. The Morgan fingerprint density at radius 1 is 1.50 bits per heavy atom. The lowest BCUT2D eigenvalue weighted by Gasteiger charge is -2.39. The molecule has 0 aliphatic heterocycles. The van der Waals surface area contributed by atoms with Gasteiger partial charge in [0.25, 0.3) is 0 Å². The number of nitrogens with one attached hydrogen (secondary N) is 1. The van der Waals surface area contributed by atoms with Gasteiger partial charge in [-0.25, -0.2) is 0 Å². The highest BCUT2D eigenvalue weighted by Crippen LogP contribution is 2.33. The molecule has 1 aromatic rings. The van der Waals surface area contributed by atoms with Crippen molar-refractivity contribution in [2.45, 2.75) is 63.8 Å². The van der Waals surface area contributed by atoms with E-state index >= 15 is 0 Å². The van der Waals surface area contributed by atoms with E-state index < -0.39 is 0 Å². The van der Waals surface area contributed by atoms with Gasteiger partial charge in [-0.05, 0) is 39.0 Å². The van der Waals surface area contributed by atoms with E-state index in [0.29, 0.717) is 24.7 Å². The maximum absolute atomic E-state index is 9.09. The fraction of sp³-hybridized carbons (Fsp3) is 0.800. The van der Waals surface area contributed by atoms with Crippen LogP contribution in [0.15, 0.2) is 6.20 Å². The number of ether oxygens (including phenoxy) is 1. The van der Waals surface area contributed by atoms with Gasteiger partial charge in [0.2, 0.25) is 0 Å². The zero-order chi connectivity index (χ0) is 13.9. The Morgan fingerprint density at radius 3 is 3.10 bits per heavy atom. The number of nitrogens with zero attached hydrogens (tertiary/aromatic N) is 2. The molecule has 112 valence electrons. The number of aromatic nitrogens is 2. The summed E-state index contributed by atoms with van der Waals surface area (Å²) in [4.78, 5) is 0. The van der Waals surface area contributed by atoms with E-state index in [9.17, 15) is 0 Å². The molecular formula is C15H25N3O2. The van der Waals surface area contributed by atoms with Crippen molar-refractivity contribution in [3.8, 4) is 0 Å². The molecule has 1 fully saturated rings. The molecule has 1 unspecified atom stereocenters. The minimum Gasteiger partial charge on any atom is -0.394 e. The Balaban J connectivity index is 1.60. The predicted octanol–water partition coefficient (Wildman–Crippen LogP) is 1.41. The SMILES string of the molecule is CCOC1CC(NC2CCCc3c2cnn3CCO)C1. The number of hydrogen-bond donors (Lipinski definition) is 2. The quantitative estimate of drug-likeness (QED) is 0.826. The molecule has 2 aliphatic rings. The lowest BCUT2D eigenvalue weighted by Crippen LogP contribution is -2.47. The molecule has 1 atom stereocenters. The maximum Gasteiger partial charge on any atom is 0.0644 e. The van der Waals surface area contributed by atoms with Crippen molar-refractivity contribution >= 4 is 0 Å². The average molecular weight is 279 g/mol. The summed E-state index contributed by atoms with van der Waals surface area (Å²) in [7, 11) is 0. The van der Waals surface area contributed by atoms with Crippen LogP contribution in [-0.2, 0) is 17.7 Å². The van der Waals surface area contributed by atoms with Crippen LogP contribution in [0.25, 0.3) is 0 Å². The number of aliphatic hydroxyl groups is 1. The van der Waals surface area contributed by atoms with Crippen molar-refractivity contribution in [2.24, 2.45) is 0 Å². The van der Waals surface area contributed by atoms with Gasteiger partial charge in [-0.1, -0.05) is 0 Å². The van der Waals surface area contributed by atoms with Crippen LogP contribution in [-0.4, -0.2) is 40.2 Å². The molecule has 1 saturated carbocycles. The van der Waals surface area contributed by atoms with Crippen LogP contribution in [0.3, 0.4) is 0 Å². The fourth-order valence-electron chi connectivity index (χ4n) is 3.44. The first-order valence-corrected chi connectivity index (χ1v) is 7.85. The zero-order valence-electron chi connectivity index (χ0n) is 12.2. The van der Waals surface area contributed by atoms with Crippen LogP contribution in [0.5, 0.6) is 0 Å². The molecule has 0 amide bonds. The van der Waals surface area contributed by atoms with E-state index in [1.807, 2.05) is 10.9 Å². The minimum absolute atomic E-state index is 0.158. The molecule has 2 aliphatic carbocycles. The van der Waals surface area contributed by atoms with E-state index in [1.165, 1.54) is 24.1 Å². The van der Waals surface area contributed by atoms with Gasteiger partial charge < -0.3 is 15.2 Å². The van der Waals surface area contributed by atoms with Crippen molar-refractivity contribution in [1.29, 1.82) is 0 Å². The third kappa shape index (κ3) is 2.75. The normalized spacial score (nSPS) is 29.0. The first-order chi connectivity index (χ1) is 9.81. The highest BCUT2D eigenvalue weighted by Gasteiger charge is 2.33. The largest absolute Gasteiger partial charge is 0.394 e. The zero-order valence-corrected chi connectivity index (χ0v) is 12.2. The van der Waals surface area contributed by atoms with E-state index in [2.05, 4.69) is 17.3 Å². The average Bonchev–Trinajstić information content (AvgIpc) is 2.81. The smallest absolute Gasteiger partial charge is 0.0644 e. The summed E-state index contributed by atoms with van der Waals surface area (Å²) in [5.74, 6) is 0. The van der Waals surface area contributed by atoms with Gasteiger partial charge in [0.05, 0.1) is 25.5 Å². The molecule has 0 radical (unpaired) electrons. The molecule has 0 spiro atoms. The number of hydrogen-bond acceptors (Lipinski definition) is 4. The summed E-state index contributed by atoms with van der Waals surface area (Å²) in [6.07, 6.45) is 8.17. The van der Waals surface area contributed by atoms with Crippen LogP contribution < -0.4 is 5.32 Å². The summed E-state index contributed by atoms with van der Waals surface area (Å²) in [6, 6.07) is 1.02. The van der Waals surface area contributed by atoms with Gasteiger partial charge in [-0.15, -0.1) is 0 Å². The van der Waals surface area contributed by atoms with Gasteiger partial charge in [-0.2, -0.15) is 5.10 Å². The highest BCUT2D eigenvalue weighted by molar-refractivity contribution is 5.25. The van der Waals surface area contributed by atoms with Gasteiger partial charge in [0.1, 0.15) is 0 Å². The molecule has 5 heteroatoms. The van der Waals surface area contributed by atoms with E-state index in [1.54, 1.807) is 0 Å². The molecule has 5 nitrogen and oxygen atoms in total. The third-order valence-corrected chi connectivity index (χ3v) is 4.51. The second-order valence-electron chi connectivity index (χ2n) is 5.85. The number of aliphatic hydroxyl groups excluding tert-OH is 1. The first kappa shape index (κ1) is 14.0. The maximum atomic E-state index is 9.09.